The zero-order chi connectivity index (χ0) is 21.4. The molecule has 7 nitrogen and oxygen atoms in total. The van der Waals surface area contributed by atoms with Crippen molar-refractivity contribution in [3.05, 3.63) is 77.0 Å². The molecule has 0 saturated carbocycles. The minimum Gasteiger partial charge on any atom is -0.478 e. The Kier molecular flexibility index (Phi) is 4.95. The maximum Gasteiger partial charge on any atom is 0.330 e. The van der Waals surface area contributed by atoms with Crippen molar-refractivity contribution in [2.75, 3.05) is 5.73 Å². The van der Waals surface area contributed by atoms with Gasteiger partial charge in [0, 0.05) is 24.0 Å². The number of hydrogen-bond acceptors (Lipinski definition) is 5. The number of carboxylic acid groups (broad SMARTS) is 1. The van der Waals surface area contributed by atoms with Gasteiger partial charge in [0.1, 0.15) is 5.69 Å². The van der Waals surface area contributed by atoms with Crippen molar-refractivity contribution >= 4 is 28.7 Å². The number of rotatable bonds is 5. The third kappa shape index (κ3) is 3.61. The summed E-state index contributed by atoms with van der Waals surface area (Å²) in [6.45, 7) is 6.58. The molecule has 7 heteroatoms. The quantitative estimate of drug-likeness (QED) is 0.632. The first-order chi connectivity index (χ1) is 14.3. The summed E-state index contributed by atoms with van der Waals surface area (Å²) in [5.74, 6) is -1.26. The second-order valence-electron chi connectivity index (χ2n) is 7.65. The van der Waals surface area contributed by atoms with Gasteiger partial charge < -0.3 is 15.7 Å². The first kappa shape index (κ1) is 19.6. The lowest BCUT2D eigenvalue weighted by atomic mass is 9.93. The molecule has 0 fully saturated rings. The summed E-state index contributed by atoms with van der Waals surface area (Å²) in [6, 6.07) is 13.5. The zero-order valence-corrected chi connectivity index (χ0v) is 16.6. The van der Waals surface area contributed by atoms with Gasteiger partial charge in [-0.2, -0.15) is 0 Å². The van der Waals surface area contributed by atoms with E-state index in [4.69, 9.17) is 10.8 Å². The third-order valence-corrected chi connectivity index (χ3v) is 5.49. The van der Waals surface area contributed by atoms with Gasteiger partial charge in [-0.1, -0.05) is 43.8 Å². The lowest BCUT2D eigenvalue weighted by Crippen LogP contribution is -2.27. The highest BCUT2D eigenvalue weighted by Gasteiger charge is 2.27. The van der Waals surface area contributed by atoms with Crippen molar-refractivity contribution in [3.8, 4) is 0 Å². The standard InChI is InChI=1S/C23H22N4O3/c1-13(9-14(2)22(29)30)15-7-8-19-18(10-15)20(26-23(24)25-19)21(28)27-11-16-5-3-4-6-17(16)12-27/h3-8,10,13H,2,9,11-12H2,1H3,(H,29,30)(H2,24,25,26). The highest BCUT2D eigenvalue weighted by Crippen LogP contribution is 2.29. The van der Waals surface area contributed by atoms with E-state index < -0.39 is 5.97 Å². The van der Waals surface area contributed by atoms with Crippen molar-refractivity contribution in [1.82, 2.24) is 14.9 Å². The van der Waals surface area contributed by atoms with Crippen LogP contribution in [0.4, 0.5) is 5.95 Å². The van der Waals surface area contributed by atoms with Gasteiger partial charge in [0.05, 0.1) is 5.52 Å². The van der Waals surface area contributed by atoms with Crippen molar-refractivity contribution in [2.24, 2.45) is 0 Å². The molecule has 1 unspecified atom stereocenters. The third-order valence-electron chi connectivity index (χ3n) is 5.49. The van der Waals surface area contributed by atoms with E-state index in [9.17, 15) is 9.59 Å². The number of nitrogen functional groups attached to an aromatic ring is 1. The molecule has 0 radical (unpaired) electrons. The second kappa shape index (κ2) is 7.59. The number of aromatic nitrogens is 2. The number of benzene rings is 2. The molecule has 2 heterocycles. The molecule has 4 rings (SSSR count). The average Bonchev–Trinajstić information content (AvgIpc) is 3.16. The summed E-state index contributed by atoms with van der Waals surface area (Å²) >= 11 is 0. The Balaban J connectivity index is 1.70. The fraction of sp³-hybridized carbons (Fsp3) is 0.217. The van der Waals surface area contributed by atoms with Crippen LogP contribution in [0.1, 0.15) is 46.4 Å². The van der Waals surface area contributed by atoms with Gasteiger partial charge in [-0.3, -0.25) is 4.79 Å². The molecule has 1 aliphatic rings. The van der Waals surface area contributed by atoms with Crippen molar-refractivity contribution in [2.45, 2.75) is 32.4 Å². The van der Waals surface area contributed by atoms with Gasteiger partial charge in [0.2, 0.25) is 5.95 Å². The van der Waals surface area contributed by atoms with Gasteiger partial charge in [0.25, 0.3) is 5.91 Å². The SMILES string of the molecule is C=C(CC(C)c1ccc2nc(N)nc(C(=O)N3Cc4ccccc4C3)c2c1)C(=O)O. The maximum atomic E-state index is 13.3. The molecule has 3 N–H and O–H groups in total. The lowest BCUT2D eigenvalue weighted by molar-refractivity contribution is -0.132. The minimum absolute atomic E-state index is 0.0441. The lowest BCUT2D eigenvalue weighted by Gasteiger charge is -2.17. The Labute approximate surface area is 173 Å². The number of carboxylic acids is 1. The van der Waals surface area contributed by atoms with Crippen LogP contribution in [0.15, 0.2) is 54.6 Å². The van der Waals surface area contributed by atoms with Crippen molar-refractivity contribution < 1.29 is 14.7 Å². The predicted octanol–water partition coefficient (Wildman–Crippen LogP) is 3.50. The first-order valence-electron chi connectivity index (χ1n) is 9.67. The van der Waals surface area contributed by atoms with Gasteiger partial charge >= 0.3 is 5.97 Å². The molecule has 0 aliphatic carbocycles. The van der Waals surface area contributed by atoms with E-state index >= 15 is 0 Å². The van der Waals surface area contributed by atoms with E-state index in [1.165, 1.54) is 0 Å². The fourth-order valence-electron chi connectivity index (χ4n) is 3.83. The molecular weight excluding hydrogens is 380 g/mol. The van der Waals surface area contributed by atoms with Crippen molar-refractivity contribution in [1.29, 1.82) is 0 Å². The summed E-state index contributed by atoms with van der Waals surface area (Å²) in [5, 5.41) is 9.72. The molecule has 30 heavy (non-hydrogen) atoms. The number of aliphatic carboxylic acids is 1. The van der Waals surface area contributed by atoms with Crippen LogP contribution in [0.2, 0.25) is 0 Å². The first-order valence-corrected chi connectivity index (χ1v) is 9.67. The molecule has 152 valence electrons. The van der Waals surface area contributed by atoms with Crippen LogP contribution in [-0.2, 0) is 17.9 Å². The monoisotopic (exact) mass is 402 g/mol. The van der Waals surface area contributed by atoms with Crippen molar-refractivity contribution in [3.63, 3.8) is 0 Å². The molecule has 1 aromatic heterocycles. The van der Waals surface area contributed by atoms with E-state index in [2.05, 4.69) is 16.5 Å². The van der Waals surface area contributed by atoms with Crippen LogP contribution in [0.3, 0.4) is 0 Å². The smallest absolute Gasteiger partial charge is 0.330 e. The number of nitrogens with zero attached hydrogens (tertiary/aromatic N) is 3. The Morgan fingerprint density at radius 3 is 2.47 bits per heavy atom. The van der Waals surface area contributed by atoms with Crippen LogP contribution in [0.5, 0.6) is 0 Å². The summed E-state index contributed by atoms with van der Waals surface area (Å²) in [6.07, 6.45) is 0.307. The number of carbonyl (C=O) groups is 2. The van der Waals surface area contributed by atoms with E-state index in [0.29, 0.717) is 30.4 Å². The number of nitrogens with two attached hydrogens (primary N) is 1. The number of carbonyl (C=O) groups excluding carboxylic acids is 1. The fourth-order valence-corrected chi connectivity index (χ4v) is 3.83. The van der Waals surface area contributed by atoms with Crippen LogP contribution >= 0.6 is 0 Å². The van der Waals surface area contributed by atoms with Gasteiger partial charge in [-0.25, -0.2) is 14.8 Å². The second-order valence-corrected chi connectivity index (χ2v) is 7.65. The molecule has 1 atom stereocenters. The molecule has 3 aromatic rings. The summed E-state index contributed by atoms with van der Waals surface area (Å²) in [7, 11) is 0. The zero-order valence-electron chi connectivity index (χ0n) is 16.6. The predicted molar refractivity (Wildman–Crippen MR) is 114 cm³/mol. The Morgan fingerprint density at radius 1 is 1.17 bits per heavy atom. The van der Waals surface area contributed by atoms with E-state index in [1.54, 1.807) is 11.0 Å². The highest BCUT2D eigenvalue weighted by atomic mass is 16.4. The number of hydrogen-bond donors (Lipinski definition) is 2. The number of anilines is 1. The highest BCUT2D eigenvalue weighted by molar-refractivity contribution is 6.05. The topological polar surface area (TPSA) is 109 Å². The Morgan fingerprint density at radius 2 is 1.83 bits per heavy atom. The molecule has 1 aliphatic heterocycles. The summed E-state index contributed by atoms with van der Waals surface area (Å²) in [4.78, 5) is 34.7. The summed E-state index contributed by atoms with van der Waals surface area (Å²) in [5.41, 5.74) is 9.99. The molecule has 0 bridgehead atoms. The van der Waals surface area contributed by atoms with Crippen LogP contribution in [0.25, 0.3) is 10.9 Å². The molecule has 2 aromatic carbocycles. The summed E-state index contributed by atoms with van der Waals surface area (Å²) < 4.78 is 0. The van der Waals surface area contributed by atoms with Crippen LogP contribution in [0, 0.1) is 0 Å². The molecule has 0 saturated heterocycles. The Bertz CT molecular complexity index is 1160. The largest absolute Gasteiger partial charge is 0.478 e. The molecule has 0 spiro atoms. The van der Waals surface area contributed by atoms with E-state index in [-0.39, 0.29) is 29.0 Å². The van der Waals surface area contributed by atoms with E-state index in [1.807, 2.05) is 43.3 Å². The number of fused-ring (bicyclic) bond motifs is 2. The van der Waals surface area contributed by atoms with Gasteiger partial charge in [0.15, 0.2) is 0 Å². The molecule has 1 amide bonds. The number of amides is 1. The van der Waals surface area contributed by atoms with Gasteiger partial charge in [-0.05, 0) is 41.2 Å². The van der Waals surface area contributed by atoms with Crippen LogP contribution < -0.4 is 5.73 Å². The van der Waals surface area contributed by atoms with Crippen LogP contribution in [-0.4, -0.2) is 31.9 Å². The van der Waals surface area contributed by atoms with Gasteiger partial charge in [-0.15, -0.1) is 0 Å². The Hall–Kier alpha value is -3.74. The van der Waals surface area contributed by atoms with E-state index in [0.717, 1.165) is 16.7 Å². The molecular formula is C23H22N4O3. The normalized spacial score (nSPS) is 13.8. The maximum absolute atomic E-state index is 13.3. The average molecular weight is 402 g/mol. The minimum atomic E-state index is -1.01.